The molecule has 0 spiro atoms. The highest BCUT2D eigenvalue weighted by Crippen LogP contribution is 2.26. The van der Waals surface area contributed by atoms with Crippen LogP contribution in [0.4, 0.5) is 0 Å². The standard InChI is InChI=1S/C12H20N4O/c1-2-6-14-11(17)12(4-8-13-9-5-12)16-10-3-7-15-16/h3,7,10,13H,2,4-6,8-9H2,1H3,(H,14,17). The number of amides is 1. The number of hydrogen-bond donors (Lipinski definition) is 2. The minimum atomic E-state index is -0.496. The number of carbonyl (C=O) groups is 1. The zero-order valence-corrected chi connectivity index (χ0v) is 10.3. The second-order valence-corrected chi connectivity index (χ2v) is 4.49. The van der Waals surface area contributed by atoms with E-state index >= 15 is 0 Å². The summed E-state index contributed by atoms with van der Waals surface area (Å²) in [5.41, 5.74) is -0.496. The zero-order valence-electron chi connectivity index (χ0n) is 10.3. The van der Waals surface area contributed by atoms with Crippen LogP contribution in [0.5, 0.6) is 0 Å². The predicted octanol–water partition coefficient (Wildman–Crippen LogP) is 0.488. The molecule has 1 aromatic heterocycles. The lowest BCUT2D eigenvalue weighted by molar-refractivity contribution is -0.132. The van der Waals surface area contributed by atoms with E-state index in [9.17, 15) is 4.79 Å². The molecule has 0 aromatic carbocycles. The number of aromatic nitrogens is 2. The summed E-state index contributed by atoms with van der Waals surface area (Å²) in [5, 5.41) is 10.6. The highest BCUT2D eigenvalue weighted by molar-refractivity contribution is 5.84. The van der Waals surface area contributed by atoms with Crippen LogP contribution in [0.15, 0.2) is 18.5 Å². The van der Waals surface area contributed by atoms with Crippen LogP contribution >= 0.6 is 0 Å². The molecule has 1 aliphatic rings. The number of piperidine rings is 1. The van der Waals surface area contributed by atoms with Crippen LogP contribution in [0.25, 0.3) is 0 Å². The third-order valence-electron chi connectivity index (χ3n) is 3.33. The molecule has 0 saturated carbocycles. The number of rotatable bonds is 4. The minimum absolute atomic E-state index is 0.101. The quantitative estimate of drug-likeness (QED) is 0.800. The largest absolute Gasteiger partial charge is 0.354 e. The highest BCUT2D eigenvalue weighted by Gasteiger charge is 2.41. The molecule has 2 heterocycles. The topological polar surface area (TPSA) is 59.0 Å². The molecule has 0 radical (unpaired) electrons. The van der Waals surface area contributed by atoms with Gasteiger partial charge in [-0.1, -0.05) is 6.92 Å². The van der Waals surface area contributed by atoms with Crippen molar-refractivity contribution in [3.05, 3.63) is 18.5 Å². The van der Waals surface area contributed by atoms with E-state index < -0.39 is 5.54 Å². The molecule has 0 bridgehead atoms. The lowest BCUT2D eigenvalue weighted by Crippen LogP contribution is -2.54. The average molecular weight is 236 g/mol. The number of carbonyl (C=O) groups excluding carboxylic acids is 1. The van der Waals surface area contributed by atoms with Crippen LogP contribution < -0.4 is 10.6 Å². The van der Waals surface area contributed by atoms with Crippen LogP contribution in [0.3, 0.4) is 0 Å². The van der Waals surface area contributed by atoms with Crippen LogP contribution in [0.1, 0.15) is 26.2 Å². The van der Waals surface area contributed by atoms with Crippen molar-refractivity contribution in [2.24, 2.45) is 0 Å². The molecule has 1 amide bonds. The first-order valence-corrected chi connectivity index (χ1v) is 6.29. The molecule has 1 aromatic rings. The maximum Gasteiger partial charge on any atom is 0.248 e. The zero-order chi connectivity index (χ0) is 12.1. The smallest absolute Gasteiger partial charge is 0.248 e. The Morgan fingerprint density at radius 1 is 1.53 bits per heavy atom. The number of nitrogens with one attached hydrogen (secondary N) is 2. The van der Waals surface area contributed by atoms with Gasteiger partial charge in [0.05, 0.1) is 0 Å². The van der Waals surface area contributed by atoms with E-state index in [-0.39, 0.29) is 5.91 Å². The van der Waals surface area contributed by atoms with E-state index in [1.54, 1.807) is 6.20 Å². The fraction of sp³-hybridized carbons (Fsp3) is 0.667. The van der Waals surface area contributed by atoms with Crippen LogP contribution in [-0.2, 0) is 10.3 Å². The van der Waals surface area contributed by atoms with Crippen molar-refractivity contribution in [2.75, 3.05) is 19.6 Å². The second kappa shape index (κ2) is 5.31. The van der Waals surface area contributed by atoms with Gasteiger partial charge in [-0.15, -0.1) is 0 Å². The van der Waals surface area contributed by atoms with Gasteiger partial charge >= 0.3 is 0 Å². The lowest BCUT2D eigenvalue weighted by atomic mass is 9.87. The fourth-order valence-corrected chi connectivity index (χ4v) is 2.33. The molecule has 0 unspecified atom stereocenters. The monoisotopic (exact) mass is 236 g/mol. The number of hydrogen-bond acceptors (Lipinski definition) is 3. The molecule has 5 nitrogen and oxygen atoms in total. The van der Waals surface area contributed by atoms with Gasteiger partial charge in [0, 0.05) is 18.9 Å². The van der Waals surface area contributed by atoms with E-state index in [2.05, 4.69) is 22.7 Å². The first-order chi connectivity index (χ1) is 8.29. The molecule has 17 heavy (non-hydrogen) atoms. The Labute approximate surface area is 102 Å². The number of nitrogens with zero attached hydrogens (tertiary/aromatic N) is 2. The molecule has 2 N–H and O–H groups in total. The van der Waals surface area contributed by atoms with Gasteiger partial charge in [0.2, 0.25) is 5.91 Å². The SMILES string of the molecule is CCCNC(=O)C1(n2cccn2)CCNCC1. The molecule has 1 fully saturated rings. The van der Waals surface area contributed by atoms with E-state index in [1.807, 2.05) is 16.9 Å². The first kappa shape index (κ1) is 12.1. The summed E-state index contributed by atoms with van der Waals surface area (Å²) in [6, 6.07) is 1.87. The minimum Gasteiger partial charge on any atom is -0.354 e. The summed E-state index contributed by atoms with van der Waals surface area (Å²) in [6.45, 7) is 4.51. The Hall–Kier alpha value is -1.36. The van der Waals surface area contributed by atoms with Crippen molar-refractivity contribution in [2.45, 2.75) is 31.7 Å². The van der Waals surface area contributed by atoms with E-state index in [0.717, 1.165) is 38.9 Å². The molecular weight excluding hydrogens is 216 g/mol. The Balaban J connectivity index is 2.20. The van der Waals surface area contributed by atoms with Gasteiger partial charge in [-0.3, -0.25) is 9.48 Å². The Bertz CT molecular complexity index is 355. The van der Waals surface area contributed by atoms with Crippen LogP contribution in [0.2, 0.25) is 0 Å². The van der Waals surface area contributed by atoms with Crippen LogP contribution in [-0.4, -0.2) is 35.3 Å². The van der Waals surface area contributed by atoms with Gasteiger partial charge in [-0.2, -0.15) is 5.10 Å². The normalized spacial score (nSPS) is 18.9. The maximum absolute atomic E-state index is 12.4. The van der Waals surface area contributed by atoms with Gasteiger partial charge in [0.15, 0.2) is 0 Å². The van der Waals surface area contributed by atoms with Crippen molar-refractivity contribution >= 4 is 5.91 Å². The summed E-state index contributed by atoms with van der Waals surface area (Å²) < 4.78 is 1.82. The highest BCUT2D eigenvalue weighted by atomic mass is 16.2. The maximum atomic E-state index is 12.4. The van der Waals surface area contributed by atoms with E-state index in [0.29, 0.717) is 0 Å². The Morgan fingerprint density at radius 3 is 2.88 bits per heavy atom. The molecule has 94 valence electrons. The second-order valence-electron chi connectivity index (χ2n) is 4.49. The van der Waals surface area contributed by atoms with Crippen molar-refractivity contribution in [3.8, 4) is 0 Å². The lowest BCUT2D eigenvalue weighted by Gasteiger charge is -2.36. The van der Waals surface area contributed by atoms with Crippen LogP contribution in [0, 0.1) is 0 Å². The summed E-state index contributed by atoms with van der Waals surface area (Å²) >= 11 is 0. The summed E-state index contributed by atoms with van der Waals surface area (Å²) in [6.07, 6.45) is 6.17. The van der Waals surface area contributed by atoms with Crippen molar-refractivity contribution in [3.63, 3.8) is 0 Å². The summed E-state index contributed by atoms with van der Waals surface area (Å²) in [4.78, 5) is 12.4. The molecule has 0 aliphatic carbocycles. The van der Waals surface area contributed by atoms with Gasteiger partial charge in [0.1, 0.15) is 5.54 Å². The first-order valence-electron chi connectivity index (χ1n) is 6.29. The third kappa shape index (κ3) is 2.34. The van der Waals surface area contributed by atoms with Gasteiger partial charge in [-0.05, 0) is 38.4 Å². The van der Waals surface area contributed by atoms with Crippen molar-refractivity contribution in [1.82, 2.24) is 20.4 Å². The summed E-state index contributed by atoms with van der Waals surface area (Å²) in [5.74, 6) is 0.101. The average Bonchev–Trinajstić information content (AvgIpc) is 2.91. The molecular formula is C12H20N4O. The third-order valence-corrected chi connectivity index (χ3v) is 3.33. The molecule has 2 rings (SSSR count). The van der Waals surface area contributed by atoms with Crippen molar-refractivity contribution < 1.29 is 4.79 Å². The van der Waals surface area contributed by atoms with Gasteiger partial charge < -0.3 is 10.6 Å². The predicted molar refractivity (Wildman–Crippen MR) is 65.6 cm³/mol. The van der Waals surface area contributed by atoms with Crippen molar-refractivity contribution in [1.29, 1.82) is 0 Å². The van der Waals surface area contributed by atoms with E-state index in [1.165, 1.54) is 0 Å². The van der Waals surface area contributed by atoms with E-state index in [4.69, 9.17) is 0 Å². The van der Waals surface area contributed by atoms with Gasteiger partial charge in [0.25, 0.3) is 0 Å². The molecule has 5 heteroatoms. The Morgan fingerprint density at radius 2 is 2.29 bits per heavy atom. The Kier molecular flexibility index (Phi) is 3.78. The molecule has 0 atom stereocenters. The molecule has 1 aliphatic heterocycles. The fourth-order valence-electron chi connectivity index (χ4n) is 2.33. The molecule has 1 saturated heterocycles. The van der Waals surface area contributed by atoms with Gasteiger partial charge in [-0.25, -0.2) is 0 Å². The summed E-state index contributed by atoms with van der Waals surface area (Å²) in [7, 11) is 0.